The fourth-order valence-corrected chi connectivity index (χ4v) is 5.18. The van der Waals surface area contributed by atoms with Crippen LogP contribution in [0.25, 0.3) is 0 Å². The summed E-state index contributed by atoms with van der Waals surface area (Å²) >= 11 is 0. The highest BCUT2D eigenvalue weighted by molar-refractivity contribution is 7.92. The second-order valence-electron chi connectivity index (χ2n) is 8.84. The number of nitrogens with zero attached hydrogens (tertiary/aromatic N) is 2. The van der Waals surface area contributed by atoms with Crippen LogP contribution in [0.2, 0.25) is 0 Å². The Bertz CT molecular complexity index is 1270. The molecule has 3 aromatic rings. The van der Waals surface area contributed by atoms with Crippen LogP contribution in [0.15, 0.2) is 72.8 Å². The van der Waals surface area contributed by atoms with E-state index in [-0.39, 0.29) is 18.0 Å². The fraction of sp³-hybridized carbons (Fsp3) is 0.296. The second kappa shape index (κ2) is 11.0. The number of sulfonamides is 1. The molecule has 1 saturated heterocycles. The van der Waals surface area contributed by atoms with Gasteiger partial charge in [0.2, 0.25) is 10.0 Å². The van der Waals surface area contributed by atoms with E-state index in [1.54, 1.807) is 42.5 Å². The molecule has 6 nitrogen and oxygen atoms in total. The summed E-state index contributed by atoms with van der Waals surface area (Å²) in [5.41, 5.74) is 3.35. The number of hydrogen-bond acceptors (Lipinski definition) is 4. The highest BCUT2D eigenvalue weighted by Gasteiger charge is 2.20. The minimum absolute atomic E-state index is 0.134. The van der Waals surface area contributed by atoms with Crippen molar-refractivity contribution in [1.29, 1.82) is 0 Å². The zero-order valence-electron chi connectivity index (χ0n) is 19.8. The molecule has 1 fully saturated rings. The summed E-state index contributed by atoms with van der Waals surface area (Å²) in [4.78, 5) is 15.2. The van der Waals surface area contributed by atoms with Crippen LogP contribution < -0.4 is 9.62 Å². The number of rotatable bonds is 9. The van der Waals surface area contributed by atoms with Gasteiger partial charge in [-0.3, -0.25) is 14.0 Å². The summed E-state index contributed by atoms with van der Waals surface area (Å²) < 4.78 is 40.0. The normalized spacial score (nSPS) is 14.1. The van der Waals surface area contributed by atoms with E-state index in [1.807, 2.05) is 18.2 Å². The molecule has 1 aliphatic heterocycles. The maximum Gasteiger partial charge on any atom is 0.251 e. The highest BCUT2D eigenvalue weighted by atomic mass is 32.2. The van der Waals surface area contributed by atoms with Crippen LogP contribution in [0.4, 0.5) is 10.1 Å². The summed E-state index contributed by atoms with van der Waals surface area (Å²) in [5, 5.41) is 2.97. The minimum Gasteiger partial charge on any atom is -0.348 e. The Morgan fingerprint density at radius 1 is 0.914 bits per heavy atom. The van der Waals surface area contributed by atoms with E-state index >= 15 is 0 Å². The Hall–Kier alpha value is -3.23. The molecule has 1 heterocycles. The van der Waals surface area contributed by atoms with Crippen molar-refractivity contribution in [2.24, 2.45) is 0 Å². The van der Waals surface area contributed by atoms with Crippen LogP contribution in [0.1, 0.15) is 39.9 Å². The lowest BCUT2D eigenvalue weighted by Gasteiger charge is -2.23. The van der Waals surface area contributed by atoms with Crippen molar-refractivity contribution in [1.82, 2.24) is 10.2 Å². The number of anilines is 1. The second-order valence-corrected chi connectivity index (χ2v) is 10.7. The van der Waals surface area contributed by atoms with E-state index in [1.165, 1.54) is 24.5 Å². The third-order valence-corrected chi connectivity index (χ3v) is 7.38. The number of amides is 1. The van der Waals surface area contributed by atoms with Crippen LogP contribution in [-0.2, 0) is 29.7 Å². The largest absolute Gasteiger partial charge is 0.348 e. The van der Waals surface area contributed by atoms with Crippen molar-refractivity contribution >= 4 is 21.6 Å². The molecule has 0 unspecified atom stereocenters. The van der Waals surface area contributed by atoms with Crippen molar-refractivity contribution < 1.29 is 17.6 Å². The molecule has 0 saturated carbocycles. The zero-order valence-corrected chi connectivity index (χ0v) is 20.6. The molecule has 1 amide bonds. The van der Waals surface area contributed by atoms with Gasteiger partial charge in [-0.05, 0) is 67.4 Å². The molecule has 0 aromatic heterocycles. The lowest BCUT2D eigenvalue weighted by molar-refractivity contribution is 0.0950. The van der Waals surface area contributed by atoms with Gasteiger partial charge in [0.1, 0.15) is 5.82 Å². The number of hydrogen-bond donors (Lipinski definition) is 1. The maximum absolute atomic E-state index is 14.1. The van der Waals surface area contributed by atoms with Gasteiger partial charge < -0.3 is 5.32 Å². The molecule has 0 radical (unpaired) electrons. The van der Waals surface area contributed by atoms with E-state index < -0.39 is 15.8 Å². The minimum atomic E-state index is -3.66. The Labute approximate surface area is 206 Å². The molecule has 8 heteroatoms. The van der Waals surface area contributed by atoms with Crippen molar-refractivity contribution in [2.75, 3.05) is 23.7 Å². The number of carbonyl (C=O) groups excluding carboxylic acids is 1. The molecular formula is C27H30FN3O3S. The van der Waals surface area contributed by atoms with Crippen LogP contribution >= 0.6 is 0 Å². The summed E-state index contributed by atoms with van der Waals surface area (Å²) in [6.45, 7) is 3.37. The number of carbonyl (C=O) groups is 1. The van der Waals surface area contributed by atoms with E-state index in [2.05, 4.69) is 16.3 Å². The van der Waals surface area contributed by atoms with Gasteiger partial charge >= 0.3 is 0 Å². The van der Waals surface area contributed by atoms with Crippen LogP contribution in [0, 0.1) is 5.82 Å². The number of halogens is 1. The molecule has 1 aliphatic rings. The molecule has 4 rings (SSSR count). The predicted molar refractivity (Wildman–Crippen MR) is 136 cm³/mol. The van der Waals surface area contributed by atoms with Gasteiger partial charge in [-0.25, -0.2) is 12.8 Å². The van der Waals surface area contributed by atoms with Gasteiger partial charge in [0.15, 0.2) is 0 Å². The van der Waals surface area contributed by atoms with Gasteiger partial charge in [-0.15, -0.1) is 0 Å². The van der Waals surface area contributed by atoms with Gasteiger partial charge in [-0.1, -0.05) is 42.5 Å². The fourth-order valence-electron chi connectivity index (χ4n) is 4.30. The Morgan fingerprint density at radius 2 is 1.51 bits per heavy atom. The lowest BCUT2D eigenvalue weighted by Crippen LogP contribution is -2.30. The third-order valence-electron chi connectivity index (χ3n) is 6.24. The maximum atomic E-state index is 14.1. The third kappa shape index (κ3) is 6.46. The van der Waals surface area contributed by atoms with E-state index in [0.717, 1.165) is 35.8 Å². The Kier molecular flexibility index (Phi) is 7.83. The molecular weight excluding hydrogens is 465 g/mol. The highest BCUT2D eigenvalue weighted by Crippen LogP contribution is 2.23. The molecule has 0 bridgehead atoms. The first kappa shape index (κ1) is 24.9. The Morgan fingerprint density at radius 3 is 2.14 bits per heavy atom. The summed E-state index contributed by atoms with van der Waals surface area (Å²) in [7, 11) is -3.66. The van der Waals surface area contributed by atoms with E-state index in [0.29, 0.717) is 17.8 Å². The first-order valence-corrected chi connectivity index (χ1v) is 13.5. The standard InChI is InChI=1S/C27H30FN3O3S/c1-35(33,34)31(20-24-10-4-5-11-26(24)28)25-14-12-21(13-15-25)27(32)29-18-22-8-2-3-9-23(22)19-30-16-6-7-17-30/h2-5,8-15H,6-7,16-20H2,1H3,(H,29,32). The van der Waals surface area contributed by atoms with Crippen molar-refractivity contribution in [2.45, 2.75) is 32.5 Å². The quantitative estimate of drug-likeness (QED) is 0.480. The number of nitrogens with one attached hydrogen (secondary N) is 1. The van der Waals surface area contributed by atoms with Crippen molar-refractivity contribution in [3.63, 3.8) is 0 Å². The SMILES string of the molecule is CS(=O)(=O)N(Cc1ccccc1F)c1ccc(C(=O)NCc2ccccc2CN2CCCC2)cc1. The molecule has 184 valence electrons. The first-order chi connectivity index (χ1) is 16.8. The van der Waals surface area contributed by atoms with Crippen molar-refractivity contribution in [3.05, 3.63) is 101 Å². The summed E-state index contributed by atoms with van der Waals surface area (Å²) in [5.74, 6) is -0.713. The average molecular weight is 496 g/mol. The molecule has 0 atom stereocenters. The zero-order chi connectivity index (χ0) is 24.8. The lowest BCUT2D eigenvalue weighted by atomic mass is 10.1. The summed E-state index contributed by atoms with van der Waals surface area (Å²) in [6.07, 6.45) is 3.53. The molecule has 0 spiro atoms. The van der Waals surface area contributed by atoms with Gasteiger partial charge in [-0.2, -0.15) is 0 Å². The average Bonchev–Trinajstić information content (AvgIpc) is 3.35. The smallest absolute Gasteiger partial charge is 0.251 e. The van der Waals surface area contributed by atoms with E-state index in [9.17, 15) is 17.6 Å². The molecule has 35 heavy (non-hydrogen) atoms. The van der Waals surface area contributed by atoms with Crippen LogP contribution in [-0.4, -0.2) is 38.6 Å². The summed E-state index contributed by atoms with van der Waals surface area (Å²) in [6, 6.07) is 20.5. The number of benzene rings is 3. The Balaban J connectivity index is 1.43. The van der Waals surface area contributed by atoms with Crippen LogP contribution in [0.5, 0.6) is 0 Å². The number of likely N-dealkylation sites (tertiary alicyclic amines) is 1. The van der Waals surface area contributed by atoms with Gasteiger partial charge in [0.05, 0.1) is 18.5 Å². The van der Waals surface area contributed by atoms with E-state index in [4.69, 9.17) is 0 Å². The van der Waals surface area contributed by atoms with Crippen molar-refractivity contribution in [3.8, 4) is 0 Å². The van der Waals surface area contributed by atoms with Crippen LogP contribution in [0.3, 0.4) is 0 Å². The topological polar surface area (TPSA) is 69.7 Å². The predicted octanol–water partition coefficient (Wildman–Crippen LogP) is 4.32. The van der Waals surface area contributed by atoms with Gasteiger partial charge in [0, 0.05) is 24.2 Å². The van der Waals surface area contributed by atoms with Gasteiger partial charge in [0.25, 0.3) is 5.91 Å². The first-order valence-electron chi connectivity index (χ1n) is 11.7. The molecule has 3 aromatic carbocycles. The monoisotopic (exact) mass is 495 g/mol. The molecule has 1 N–H and O–H groups in total. The molecule has 0 aliphatic carbocycles.